The summed E-state index contributed by atoms with van der Waals surface area (Å²) in [7, 11) is 0. The van der Waals surface area contributed by atoms with Crippen LogP contribution in [0.2, 0.25) is 0 Å². The third-order valence-electron chi connectivity index (χ3n) is 4.06. The number of amides is 1. The van der Waals surface area contributed by atoms with E-state index in [-0.39, 0.29) is 35.5 Å². The Balaban J connectivity index is 2.05. The molecule has 11 heteroatoms. The molecule has 0 aliphatic heterocycles. The number of carbonyl (C=O) groups excluding carboxylic acids is 1. The van der Waals surface area contributed by atoms with E-state index in [1.807, 2.05) is 20.8 Å². The summed E-state index contributed by atoms with van der Waals surface area (Å²) < 4.78 is 42.7. The number of aromatic nitrogens is 4. The summed E-state index contributed by atoms with van der Waals surface area (Å²) in [5.74, 6) is -3.46. The largest absolute Gasteiger partial charge is 0.352 e. The Morgan fingerprint density at radius 3 is 2.50 bits per heavy atom. The first kappa shape index (κ1) is 21.3. The van der Waals surface area contributed by atoms with Crippen LogP contribution in [0.5, 0.6) is 0 Å². The number of anilines is 3. The van der Waals surface area contributed by atoms with E-state index in [0.29, 0.717) is 24.5 Å². The summed E-state index contributed by atoms with van der Waals surface area (Å²) >= 11 is 0. The molecule has 1 amide bonds. The van der Waals surface area contributed by atoms with Gasteiger partial charge in [-0.1, -0.05) is 13.3 Å². The Kier molecular flexibility index (Phi) is 6.38. The second kappa shape index (κ2) is 8.97. The van der Waals surface area contributed by atoms with Gasteiger partial charge < -0.3 is 10.6 Å². The van der Waals surface area contributed by atoms with Crippen molar-refractivity contribution in [2.75, 3.05) is 16.1 Å². The Hall–Kier alpha value is -3.37. The van der Waals surface area contributed by atoms with Gasteiger partial charge in [-0.3, -0.25) is 10.2 Å². The van der Waals surface area contributed by atoms with Crippen molar-refractivity contribution in [2.45, 2.75) is 46.1 Å². The number of fused-ring (bicyclic) bond motifs is 1. The molecule has 0 radical (unpaired) electrons. The van der Waals surface area contributed by atoms with Gasteiger partial charge in [-0.25, -0.2) is 23.1 Å². The molecule has 1 aromatic carbocycles. The molecule has 160 valence electrons. The first-order chi connectivity index (χ1) is 14.3. The number of hydrogen-bond donors (Lipinski definition) is 3. The molecule has 0 saturated carbocycles. The molecule has 0 unspecified atom stereocenters. The van der Waals surface area contributed by atoms with E-state index in [1.165, 1.54) is 10.9 Å². The van der Waals surface area contributed by atoms with E-state index in [4.69, 9.17) is 0 Å². The predicted molar refractivity (Wildman–Crippen MR) is 108 cm³/mol. The molecule has 0 saturated heterocycles. The topological polar surface area (TPSA) is 96.8 Å². The maximum Gasteiger partial charge on any atom is 0.238 e. The zero-order chi connectivity index (χ0) is 21.8. The molecular formula is C19H22F3N7O. The van der Waals surface area contributed by atoms with Crippen molar-refractivity contribution < 1.29 is 18.0 Å². The molecule has 3 rings (SSSR count). The van der Waals surface area contributed by atoms with Crippen LogP contribution in [0.15, 0.2) is 18.3 Å². The van der Waals surface area contributed by atoms with Crippen LogP contribution in [0.4, 0.5) is 30.8 Å². The monoisotopic (exact) mass is 421 g/mol. The highest BCUT2D eigenvalue weighted by Gasteiger charge is 2.19. The van der Waals surface area contributed by atoms with Crippen LogP contribution in [0.1, 0.15) is 40.0 Å². The van der Waals surface area contributed by atoms with Crippen LogP contribution < -0.4 is 16.1 Å². The molecule has 0 aliphatic rings. The Labute approximate surface area is 170 Å². The van der Waals surface area contributed by atoms with Crippen LogP contribution in [0.3, 0.4) is 0 Å². The quantitative estimate of drug-likeness (QED) is 0.507. The van der Waals surface area contributed by atoms with E-state index in [2.05, 4.69) is 31.0 Å². The van der Waals surface area contributed by atoms with Crippen LogP contribution in [0, 0.1) is 17.5 Å². The fraction of sp³-hybridized carbons (Fsp3) is 0.368. The lowest BCUT2D eigenvalue weighted by Crippen LogP contribution is -2.24. The summed E-state index contributed by atoms with van der Waals surface area (Å²) in [5.41, 5.74) is 2.54. The second-order valence-electron chi connectivity index (χ2n) is 6.98. The van der Waals surface area contributed by atoms with Crippen molar-refractivity contribution in [1.82, 2.24) is 19.6 Å². The van der Waals surface area contributed by atoms with Gasteiger partial charge >= 0.3 is 0 Å². The Morgan fingerprint density at radius 1 is 1.17 bits per heavy atom. The second-order valence-corrected chi connectivity index (χ2v) is 6.98. The molecule has 3 N–H and O–H groups in total. The number of halogens is 3. The van der Waals surface area contributed by atoms with Crippen molar-refractivity contribution in [3.8, 4) is 0 Å². The van der Waals surface area contributed by atoms with Gasteiger partial charge in [0.2, 0.25) is 17.8 Å². The SMILES string of the molecule is CCCCC(=O)Nn1c(Nc2c(F)cc(F)cc2F)nc2cnc(NC(C)C)nc21. The summed E-state index contributed by atoms with van der Waals surface area (Å²) in [4.78, 5) is 25.0. The normalized spacial score (nSPS) is 11.2. The smallest absolute Gasteiger partial charge is 0.238 e. The zero-order valence-corrected chi connectivity index (χ0v) is 16.8. The number of nitrogens with zero attached hydrogens (tertiary/aromatic N) is 4. The average molecular weight is 421 g/mol. The van der Waals surface area contributed by atoms with Crippen LogP contribution in [-0.2, 0) is 4.79 Å². The summed E-state index contributed by atoms with van der Waals surface area (Å²) in [6.45, 7) is 5.76. The molecular weight excluding hydrogens is 399 g/mol. The molecule has 8 nitrogen and oxygen atoms in total. The Morgan fingerprint density at radius 2 is 1.87 bits per heavy atom. The molecule has 0 bridgehead atoms. The molecule has 0 fully saturated rings. The number of hydrogen-bond acceptors (Lipinski definition) is 6. The number of imidazole rings is 1. The van der Waals surface area contributed by atoms with Crippen molar-refractivity contribution in [3.05, 3.63) is 35.8 Å². The molecule has 2 heterocycles. The fourth-order valence-corrected chi connectivity index (χ4v) is 2.68. The van der Waals surface area contributed by atoms with E-state index in [9.17, 15) is 18.0 Å². The van der Waals surface area contributed by atoms with Crippen LogP contribution >= 0.6 is 0 Å². The average Bonchev–Trinajstić information content (AvgIpc) is 2.99. The number of carbonyl (C=O) groups is 1. The summed E-state index contributed by atoms with van der Waals surface area (Å²) in [5, 5.41) is 5.52. The van der Waals surface area contributed by atoms with Gasteiger partial charge in [0.15, 0.2) is 17.3 Å². The minimum absolute atomic E-state index is 0.0537. The van der Waals surface area contributed by atoms with Crippen LogP contribution in [-0.4, -0.2) is 31.6 Å². The van der Waals surface area contributed by atoms with Gasteiger partial charge in [0.05, 0.1) is 6.20 Å². The third kappa shape index (κ3) is 4.78. The van der Waals surface area contributed by atoms with E-state index in [0.717, 1.165) is 6.42 Å². The highest BCUT2D eigenvalue weighted by atomic mass is 19.1. The minimum atomic E-state index is -1.14. The van der Waals surface area contributed by atoms with Gasteiger partial charge in [0.25, 0.3) is 0 Å². The lowest BCUT2D eigenvalue weighted by molar-refractivity contribution is -0.117. The van der Waals surface area contributed by atoms with Gasteiger partial charge in [0.1, 0.15) is 17.0 Å². The lowest BCUT2D eigenvalue weighted by atomic mass is 10.2. The predicted octanol–water partition coefficient (Wildman–Crippen LogP) is 4.07. The Bertz CT molecular complexity index is 1040. The van der Waals surface area contributed by atoms with Crippen molar-refractivity contribution in [1.29, 1.82) is 0 Å². The molecule has 2 aromatic heterocycles. The molecule has 0 aliphatic carbocycles. The maximum atomic E-state index is 14.1. The van der Waals surface area contributed by atoms with Crippen molar-refractivity contribution >= 4 is 34.7 Å². The van der Waals surface area contributed by atoms with Crippen molar-refractivity contribution in [2.24, 2.45) is 0 Å². The van der Waals surface area contributed by atoms with E-state index in [1.54, 1.807) is 0 Å². The van der Waals surface area contributed by atoms with Crippen molar-refractivity contribution in [3.63, 3.8) is 0 Å². The number of unbranched alkanes of at least 4 members (excludes halogenated alkanes) is 1. The lowest BCUT2D eigenvalue weighted by Gasteiger charge is -2.13. The van der Waals surface area contributed by atoms with Gasteiger partial charge in [-0.2, -0.15) is 9.66 Å². The summed E-state index contributed by atoms with van der Waals surface area (Å²) in [6.07, 6.45) is 3.15. The molecule has 3 aromatic rings. The minimum Gasteiger partial charge on any atom is -0.352 e. The fourth-order valence-electron chi connectivity index (χ4n) is 2.68. The molecule has 30 heavy (non-hydrogen) atoms. The standard InChI is InChI=1S/C19H22F3N7O/c1-4-5-6-15(30)28-29-17-14(9-23-18(27-17)24-10(2)3)25-19(29)26-16-12(21)7-11(20)8-13(16)22/h7-10H,4-6H2,1-3H3,(H,25,26)(H,28,30)(H,23,24,27). The van der Waals surface area contributed by atoms with Crippen LogP contribution in [0.25, 0.3) is 11.2 Å². The molecule has 0 spiro atoms. The number of rotatable bonds is 8. The summed E-state index contributed by atoms with van der Waals surface area (Å²) in [6, 6.07) is 1.14. The highest BCUT2D eigenvalue weighted by Crippen LogP contribution is 2.26. The van der Waals surface area contributed by atoms with E-state index < -0.39 is 23.1 Å². The van der Waals surface area contributed by atoms with E-state index >= 15 is 0 Å². The number of nitrogens with one attached hydrogen (secondary N) is 3. The van der Waals surface area contributed by atoms with Gasteiger partial charge in [-0.15, -0.1) is 0 Å². The zero-order valence-electron chi connectivity index (χ0n) is 16.8. The highest BCUT2D eigenvalue weighted by molar-refractivity contribution is 5.87. The molecule has 0 atom stereocenters. The van der Waals surface area contributed by atoms with Gasteiger partial charge in [0, 0.05) is 24.6 Å². The maximum absolute atomic E-state index is 14.1. The first-order valence-electron chi connectivity index (χ1n) is 9.52. The first-order valence-corrected chi connectivity index (χ1v) is 9.52. The number of benzene rings is 1. The van der Waals surface area contributed by atoms with Gasteiger partial charge in [-0.05, 0) is 20.3 Å². The third-order valence-corrected chi connectivity index (χ3v) is 4.06.